The third-order valence-electron chi connectivity index (χ3n) is 4.93. The second-order valence-corrected chi connectivity index (χ2v) is 7.94. The minimum atomic E-state index is -0.000836. The zero-order valence-electron chi connectivity index (χ0n) is 17.2. The van der Waals surface area contributed by atoms with Gasteiger partial charge in [-0.2, -0.15) is 4.37 Å². The maximum atomic E-state index is 12.2. The number of hydrogen-bond donors (Lipinski definition) is 1. The average Bonchev–Trinajstić information content (AvgIpc) is 3.40. The molecule has 0 aliphatic heterocycles. The van der Waals surface area contributed by atoms with Gasteiger partial charge in [0.1, 0.15) is 11.6 Å². The summed E-state index contributed by atoms with van der Waals surface area (Å²) in [7, 11) is 0. The fourth-order valence-corrected chi connectivity index (χ4v) is 3.77. The van der Waals surface area contributed by atoms with Crippen LogP contribution in [0, 0.1) is 6.92 Å². The molecule has 1 unspecified atom stereocenters. The van der Waals surface area contributed by atoms with Gasteiger partial charge in [-0.3, -0.25) is 4.79 Å². The van der Waals surface area contributed by atoms with Crippen molar-refractivity contribution < 1.29 is 9.21 Å². The Hall–Kier alpha value is -2.67. The fraction of sp³-hybridized carbons (Fsp3) is 0.409. The van der Waals surface area contributed by atoms with Crippen molar-refractivity contribution in [2.24, 2.45) is 0 Å². The summed E-state index contributed by atoms with van der Waals surface area (Å²) in [5.74, 6) is 1.57. The molecule has 2 heterocycles. The number of aromatic nitrogens is 2. The highest BCUT2D eigenvalue weighted by molar-refractivity contribution is 7.09. The number of nitrogens with zero attached hydrogens (tertiary/aromatic N) is 3. The summed E-state index contributed by atoms with van der Waals surface area (Å²) in [5.41, 5.74) is 2.45. The number of anilines is 1. The standard InChI is InChI=1S/C22H28N4O2S/c1-4-17(3)26(12-11-21(27)23-15-19-6-5-13-28-19)22-24-20(25-29-22)14-18-9-7-16(2)8-10-18/h5-10,13,17H,4,11-12,14-15H2,1-3H3,(H,23,27). The quantitative estimate of drug-likeness (QED) is 0.536. The van der Waals surface area contributed by atoms with E-state index in [4.69, 9.17) is 9.40 Å². The normalized spacial score (nSPS) is 12.0. The molecule has 7 heteroatoms. The van der Waals surface area contributed by atoms with Gasteiger partial charge in [0, 0.05) is 37.0 Å². The van der Waals surface area contributed by atoms with E-state index in [0.717, 1.165) is 29.6 Å². The lowest BCUT2D eigenvalue weighted by molar-refractivity contribution is -0.121. The van der Waals surface area contributed by atoms with Crippen molar-refractivity contribution in [2.45, 2.75) is 52.6 Å². The van der Waals surface area contributed by atoms with Crippen LogP contribution < -0.4 is 10.2 Å². The van der Waals surface area contributed by atoms with Gasteiger partial charge in [0.05, 0.1) is 12.8 Å². The molecule has 0 spiro atoms. The zero-order chi connectivity index (χ0) is 20.6. The van der Waals surface area contributed by atoms with E-state index in [1.54, 1.807) is 6.26 Å². The maximum absolute atomic E-state index is 12.2. The lowest BCUT2D eigenvalue weighted by atomic mass is 10.1. The predicted molar refractivity (Wildman–Crippen MR) is 116 cm³/mol. The van der Waals surface area contributed by atoms with Crippen molar-refractivity contribution in [3.63, 3.8) is 0 Å². The highest BCUT2D eigenvalue weighted by Crippen LogP contribution is 2.22. The molecule has 3 rings (SSSR count). The topological polar surface area (TPSA) is 71.3 Å². The van der Waals surface area contributed by atoms with Crippen molar-refractivity contribution in [1.29, 1.82) is 0 Å². The monoisotopic (exact) mass is 412 g/mol. The minimum absolute atomic E-state index is 0.000836. The molecule has 0 aliphatic carbocycles. The first kappa shape index (κ1) is 21.0. The molecule has 0 radical (unpaired) electrons. The molecule has 0 saturated carbocycles. The van der Waals surface area contributed by atoms with Crippen LogP contribution in [0.2, 0.25) is 0 Å². The third kappa shape index (κ3) is 6.15. The van der Waals surface area contributed by atoms with Crippen LogP contribution in [-0.2, 0) is 17.8 Å². The molecular formula is C22H28N4O2S. The number of amides is 1. The molecule has 2 aromatic heterocycles. The molecule has 0 aliphatic rings. The molecule has 0 bridgehead atoms. The van der Waals surface area contributed by atoms with E-state index in [1.165, 1.54) is 22.7 Å². The summed E-state index contributed by atoms with van der Waals surface area (Å²) >= 11 is 1.40. The van der Waals surface area contributed by atoms with Gasteiger partial charge in [0.2, 0.25) is 11.0 Å². The minimum Gasteiger partial charge on any atom is -0.467 e. The van der Waals surface area contributed by atoms with Gasteiger partial charge < -0.3 is 14.6 Å². The van der Waals surface area contributed by atoms with Crippen LogP contribution >= 0.6 is 11.5 Å². The summed E-state index contributed by atoms with van der Waals surface area (Å²) in [6.07, 6.45) is 3.70. The number of hydrogen-bond acceptors (Lipinski definition) is 6. The number of nitrogens with one attached hydrogen (secondary N) is 1. The van der Waals surface area contributed by atoms with Crippen molar-refractivity contribution >= 4 is 22.6 Å². The molecular weight excluding hydrogens is 384 g/mol. The highest BCUT2D eigenvalue weighted by atomic mass is 32.1. The Morgan fingerprint density at radius 3 is 2.76 bits per heavy atom. The number of carbonyl (C=O) groups is 1. The Balaban J connectivity index is 1.58. The van der Waals surface area contributed by atoms with Gasteiger partial charge >= 0.3 is 0 Å². The maximum Gasteiger partial charge on any atom is 0.222 e. The van der Waals surface area contributed by atoms with E-state index in [2.05, 4.69) is 59.6 Å². The van der Waals surface area contributed by atoms with Gasteiger partial charge in [-0.1, -0.05) is 36.8 Å². The first-order chi connectivity index (χ1) is 14.0. The molecule has 1 atom stereocenters. The summed E-state index contributed by atoms with van der Waals surface area (Å²) in [6, 6.07) is 12.4. The van der Waals surface area contributed by atoms with Crippen molar-refractivity contribution in [3.05, 3.63) is 65.4 Å². The molecule has 1 amide bonds. The highest BCUT2D eigenvalue weighted by Gasteiger charge is 2.19. The molecule has 29 heavy (non-hydrogen) atoms. The largest absolute Gasteiger partial charge is 0.467 e. The van der Waals surface area contributed by atoms with Gasteiger partial charge in [-0.15, -0.1) is 0 Å². The Morgan fingerprint density at radius 1 is 1.28 bits per heavy atom. The summed E-state index contributed by atoms with van der Waals surface area (Å²) in [5, 5.41) is 3.77. The van der Waals surface area contributed by atoms with E-state index < -0.39 is 0 Å². The van der Waals surface area contributed by atoms with Gasteiger partial charge in [-0.25, -0.2) is 4.98 Å². The molecule has 0 fully saturated rings. The van der Waals surface area contributed by atoms with Crippen LogP contribution in [0.3, 0.4) is 0 Å². The second-order valence-electron chi connectivity index (χ2n) is 7.21. The van der Waals surface area contributed by atoms with Crippen molar-refractivity contribution in [2.75, 3.05) is 11.4 Å². The van der Waals surface area contributed by atoms with Gasteiger partial charge in [0.25, 0.3) is 0 Å². The Labute approximate surface area is 176 Å². The summed E-state index contributed by atoms with van der Waals surface area (Å²) in [4.78, 5) is 19.2. The van der Waals surface area contributed by atoms with Crippen molar-refractivity contribution in [3.8, 4) is 0 Å². The Bertz CT molecular complexity index is 890. The number of aryl methyl sites for hydroxylation is 1. The number of carbonyl (C=O) groups excluding carboxylic acids is 1. The SMILES string of the molecule is CCC(C)N(CCC(=O)NCc1ccco1)c1nc(Cc2ccc(C)cc2)ns1. The Morgan fingerprint density at radius 2 is 2.07 bits per heavy atom. The summed E-state index contributed by atoms with van der Waals surface area (Å²) < 4.78 is 9.80. The van der Waals surface area contributed by atoms with Crippen LogP contribution in [0.4, 0.5) is 5.13 Å². The zero-order valence-corrected chi connectivity index (χ0v) is 18.0. The fourth-order valence-electron chi connectivity index (χ4n) is 2.96. The second kappa shape index (κ2) is 10.2. The van der Waals surface area contributed by atoms with E-state index in [1.807, 2.05) is 12.1 Å². The van der Waals surface area contributed by atoms with Crippen LogP contribution in [0.25, 0.3) is 0 Å². The first-order valence-corrected chi connectivity index (χ1v) is 10.8. The molecule has 3 aromatic rings. The van der Waals surface area contributed by atoms with E-state index in [9.17, 15) is 4.79 Å². The van der Waals surface area contributed by atoms with E-state index >= 15 is 0 Å². The van der Waals surface area contributed by atoms with Gasteiger partial charge in [0.15, 0.2) is 0 Å². The summed E-state index contributed by atoms with van der Waals surface area (Å²) in [6.45, 7) is 7.40. The lowest BCUT2D eigenvalue weighted by Gasteiger charge is -2.27. The van der Waals surface area contributed by atoms with Crippen molar-refractivity contribution in [1.82, 2.24) is 14.7 Å². The average molecular weight is 413 g/mol. The molecule has 1 aromatic carbocycles. The first-order valence-electron chi connectivity index (χ1n) is 9.99. The van der Waals surface area contributed by atoms with Crippen LogP contribution in [0.5, 0.6) is 0 Å². The van der Waals surface area contributed by atoms with E-state index in [-0.39, 0.29) is 11.9 Å². The number of rotatable bonds is 10. The molecule has 1 N–H and O–H groups in total. The Kier molecular flexibility index (Phi) is 7.41. The number of furan rings is 1. The lowest BCUT2D eigenvalue weighted by Crippen LogP contribution is -2.36. The molecule has 154 valence electrons. The predicted octanol–water partition coefficient (Wildman–Crippen LogP) is 4.34. The molecule has 6 nitrogen and oxygen atoms in total. The molecule has 0 saturated heterocycles. The van der Waals surface area contributed by atoms with Gasteiger partial charge in [-0.05, 0) is 38.0 Å². The third-order valence-corrected chi connectivity index (χ3v) is 5.72. The van der Waals surface area contributed by atoms with Crippen LogP contribution in [-0.4, -0.2) is 27.9 Å². The van der Waals surface area contributed by atoms with Crippen LogP contribution in [0.1, 0.15) is 49.4 Å². The smallest absolute Gasteiger partial charge is 0.222 e. The van der Waals surface area contributed by atoms with E-state index in [0.29, 0.717) is 19.5 Å². The van der Waals surface area contributed by atoms with Crippen LogP contribution in [0.15, 0.2) is 47.1 Å². The number of benzene rings is 1.